The minimum absolute atomic E-state index is 0.128. The standard InChI is InChI=1S/C60H44N2S/c1-59(2)51-24-14-12-22-45(51)46-29-26-39(33-52(46)59)61(38-28-31-58-50(32-38)47-23-13-15-25-57(47)63-58)40-27-30-55-53(34-40)60(3,4)54-35-48-43-20-10-8-18-41(43)42-19-9-11-21-44(42)49(48)36-56(54)62(55)37-16-6-5-7-17-37/h5-36H,1-4H3. The van der Waals surface area contributed by atoms with Crippen LogP contribution in [0, 0.1) is 0 Å². The van der Waals surface area contributed by atoms with Crippen LogP contribution in [-0.2, 0) is 10.8 Å². The van der Waals surface area contributed by atoms with Gasteiger partial charge in [0, 0.05) is 53.8 Å². The maximum atomic E-state index is 2.51. The molecule has 1 aliphatic carbocycles. The van der Waals surface area contributed by atoms with E-state index in [1.54, 1.807) is 0 Å². The molecule has 0 bridgehead atoms. The summed E-state index contributed by atoms with van der Waals surface area (Å²) in [7, 11) is 0. The van der Waals surface area contributed by atoms with Gasteiger partial charge >= 0.3 is 0 Å². The average Bonchev–Trinajstić information content (AvgIpc) is 3.80. The number of anilines is 6. The highest BCUT2D eigenvalue weighted by molar-refractivity contribution is 7.25. The largest absolute Gasteiger partial charge is 0.310 e. The normalized spacial score (nSPS) is 14.6. The van der Waals surface area contributed by atoms with Crippen molar-refractivity contribution < 1.29 is 0 Å². The summed E-state index contributed by atoms with van der Waals surface area (Å²) in [4.78, 5) is 5.01. The van der Waals surface area contributed by atoms with E-state index in [2.05, 4.69) is 232 Å². The Hall–Kier alpha value is -7.20. The summed E-state index contributed by atoms with van der Waals surface area (Å²) in [5.74, 6) is 0. The quantitative estimate of drug-likeness (QED) is 0.163. The number of fused-ring (bicyclic) bond motifs is 14. The van der Waals surface area contributed by atoms with Crippen molar-refractivity contribution in [3.05, 3.63) is 216 Å². The van der Waals surface area contributed by atoms with Crippen LogP contribution >= 0.6 is 11.3 Å². The van der Waals surface area contributed by atoms with Crippen LogP contribution < -0.4 is 9.80 Å². The van der Waals surface area contributed by atoms with E-state index in [-0.39, 0.29) is 10.8 Å². The number of thiophene rings is 1. The highest BCUT2D eigenvalue weighted by Crippen LogP contribution is 2.56. The molecule has 0 radical (unpaired) electrons. The zero-order chi connectivity index (χ0) is 42.2. The Morgan fingerprint density at radius 1 is 0.349 bits per heavy atom. The first-order valence-corrected chi connectivity index (χ1v) is 22.9. The van der Waals surface area contributed by atoms with Gasteiger partial charge in [-0.25, -0.2) is 0 Å². The molecule has 1 aromatic heterocycles. The SMILES string of the molecule is CC1(C)c2ccccc2-c2ccc(N(c3ccc4c(c3)C(C)(C)c3cc5c6ccccc6c6ccccc6c5cc3N4c3ccccc3)c3ccc4sc5ccccc5c4c3)cc21. The van der Waals surface area contributed by atoms with Crippen LogP contribution in [0.4, 0.5) is 34.1 Å². The number of nitrogens with zero attached hydrogens (tertiary/aromatic N) is 2. The van der Waals surface area contributed by atoms with Crippen LogP contribution in [0.3, 0.4) is 0 Å². The number of hydrogen-bond acceptors (Lipinski definition) is 3. The molecule has 10 aromatic carbocycles. The number of para-hydroxylation sites is 1. The van der Waals surface area contributed by atoms with Crippen molar-refractivity contribution in [2.75, 3.05) is 9.80 Å². The van der Waals surface area contributed by atoms with Crippen LogP contribution in [0.1, 0.15) is 49.9 Å². The van der Waals surface area contributed by atoms with Gasteiger partial charge in [0.2, 0.25) is 0 Å². The van der Waals surface area contributed by atoms with Gasteiger partial charge in [-0.1, -0.05) is 143 Å². The van der Waals surface area contributed by atoms with Gasteiger partial charge in [0.25, 0.3) is 0 Å². The molecule has 1 aliphatic heterocycles. The molecule has 0 atom stereocenters. The van der Waals surface area contributed by atoms with Crippen molar-refractivity contribution in [3.8, 4) is 11.1 Å². The molecule has 2 heterocycles. The van der Waals surface area contributed by atoms with Crippen LogP contribution in [0.25, 0.3) is 63.6 Å². The zero-order valence-electron chi connectivity index (χ0n) is 35.8. The highest BCUT2D eigenvalue weighted by atomic mass is 32.1. The van der Waals surface area contributed by atoms with Gasteiger partial charge < -0.3 is 9.80 Å². The van der Waals surface area contributed by atoms with Crippen LogP contribution in [-0.4, -0.2) is 0 Å². The Bertz CT molecular complexity index is 3700. The van der Waals surface area contributed by atoms with Gasteiger partial charge in [-0.05, 0) is 145 Å². The summed E-state index contributed by atoms with van der Waals surface area (Å²) in [6.45, 7) is 9.61. The smallest absolute Gasteiger partial charge is 0.0509 e. The number of rotatable bonds is 4. The molecule has 0 spiro atoms. The lowest BCUT2D eigenvalue weighted by Gasteiger charge is -2.43. The summed E-state index contributed by atoms with van der Waals surface area (Å²) in [6.07, 6.45) is 0. The second-order valence-electron chi connectivity index (χ2n) is 18.5. The van der Waals surface area contributed by atoms with E-state index in [1.165, 1.54) is 97.2 Å². The van der Waals surface area contributed by atoms with E-state index in [4.69, 9.17) is 0 Å². The molecule has 0 saturated carbocycles. The molecule has 3 heteroatoms. The summed E-state index contributed by atoms with van der Waals surface area (Å²) < 4.78 is 2.62. The lowest BCUT2D eigenvalue weighted by molar-refractivity contribution is 0.633. The maximum Gasteiger partial charge on any atom is 0.0509 e. The second-order valence-corrected chi connectivity index (χ2v) is 19.6. The first kappa shape index (κ1) is 36.5. The Morgan fingerprint density at radius 2 is 0.857 bits per heavy atom. The molecular weight excluding hydrogens is 781 g/mol. The summed E-state index contributed by atoms with van der Waals surface area (Å²) in [6, 6.07) is 73.0. The molecule has 0 unspecified atom stereocenters. The molecule has 2 nitrogen and oxygen atoms in total. The first-order chi connectivity index (χ1) is 30.8. The number of benzene rings is 10. The lowest BCUT2D eigenvalue weighted by atomic mass is 9.72. The molecule has 13 rings (SSSR count). The van der Waals surface area contributed by atoms with Gasteiger partial charge in [0.1, 0.15) is 0 Å². The highest BCUT2D eigenvalue weighted by Gasteiger charge is 2.39. The molecule has 0 saturated heterocycles. The van der Waals surface area contributed by atoms with Crippen LogP contribution in [0.5, 0.6) is 0 Å². The minimum atomic E-state index is -0.340. The van der Waals surface area contributed by atoms with Crippen molar-refractivity contribution >= 4 is 98.0 Å². The molecule has 63 heavy (non-hydrogen) atoms. The van der Waals surface area contributed by atoms with Gasteiger partial charge in [0.05, 0.1) is 11.4 Å². The molecule has 300 valence electrons. The van der Waals surface area contributed by atoms with Gasteiger partial charge in [-0.2, -0.15) is 0 Å². The average molecular weight is 825 g/mol. The second kappa shape index (κ2) is 13.2. The molecule has 0 fully saturated rings. The van der Waals surface area contributed by atoms with E-state index in [1.807, 2.05) is 11.3 Å². The zero-order valence-corrected chi connectivity index (χ0v) is 36.6. The maximum absolute atomic E-state index is 2.51. The van der Waals surface area contributed by atoms with Crippen molar-refractivity contribution in [3.63, 3.8) is 0 Å². The van der Waals surface area contributed by atoms with Crippen LogP contribution in [0.15, 0.2) is 194 Å². The summed E-state index contributed by atoms with van der Waals surface area (Å²) in [5, 5.41) is 10.3. The van der Waals surface area contributed by atoms with E-state index in [9.17, 15) is 0 Å². The van der Waals surface area contributed by atoms with E-state index in [0.29, 0.717) is 0 Å². The molecular formula is C60H44N2S. The predicted molar refractivity (Wildman–Crippen MR) is 271 cm³/mol. The van der Waals surface area contributed by atoms with E-state index in [0.717, 1.165) is 22.7 Å². The third-order valence-electron chi connectivity index (χ3n) is 14.4. The molecule has 2 aliphatic rings. The van der Waals surface area contributed by atoms with Crippen molar-refractivity contribution in [2.45, 2.75) is 38.5 Å². The van der Waals surface area contributed by atoms with E-state index >= 15 is 0 Å². The lowest BCUT2D eigenvalue weighted by Crippen LogP contribution is -2.31. The fourth-order valence-corrected chi connectivity index (χ4v) is 12.3. The minimum Gasteiger partial charge on any atom is -0.310 e. The van der Waals surface area contributed by atoms with E-state index < -0.39 is 0 Å². The Labute approximate surface area is 371 Å². The third-order valence-corrected chi connectivity index (χ3v) is 15.5. The summed E-state index contributed by atoms with van der Waals surface area (Å²) >= 11 is 1.87. The van der Waals surface area contributed by atoms with Gasteiger partial charge in [0.15, 0.2) is 0 Å². The molecule has 0 amide bonds. The van der Waals surface area contributed by atoms with Gasteiger partial charge in [-0.3, -0.25) is 0 Å². The van der Waals surface area contributed by atoms with Crippen LogP contribution in [0.2, 0.25) is 0 Å². The Balaban J connectivity index is 1.06. The molecule has 0 N–H and O–H groups in total. The topological polar surface area (TPSA) is 6.48 Å². The fourth-order valence-electron chi connectivity index (χ4n) is 11.2. The predicted octanol–water partition coefficient (Wildman–Crippen LogP) is 17.4. The monoisotopic (exact) mass is 824 g/mol. The Kier molecular flexibility index (Phi) is 7.61. The van der Waals surface area contributed by atoms with Crippen molar-refractivity contribution in [1.82, 2.24) is 0 Å². The van der Waals surface area contributed by atoms with Crippen molar-refractivity contribution in [1.29, 1.82) is 0 Å². The third kappa shape index (κ3) is 5.18. The van der Waals surface area contributed by atoms with Gasteiger partial charge in [-0.15, -0.1) is 11.3 Å². The first-order valence-electron chi connectivity index (χ1n) is 22.1. The Morgan fingerprint density at radius 3 is 1.60 bits per heavy atom. The fraction of sp³-hybridized carbons (Fsp3) is 0.100. The van der Waals surface area contributed by atoms with Crippen molar-refractivity contribution in [2.24, 2.45) is 0 Å². The number of hydrogen-bond donors (Lipinski definition) is 0. The summed E-state index contributed by atoms with van der Waals surface area (Å²) in [5.41, 5.74) is 14.6. The molecule has 11 aromatic rings.